The highest BCUT2D eigenvalue weighted by atomic mass is 79.9. The third-order valence-corrected chi connectivity index (χ3v) is 3.08. The second-order valence-corrected chi connectivity index (χ2v) is 4.80. The zero-order chi connectivity index (χ0) is 12.6. The van der Waals surface area contributed by atoms with Crippen LogP contribution in [0.25, 0.3) is 0 Å². The van der Waals surface area contributed by atoms with Crippen molar-refractivity contribution in [3.05, 3.63) is 27.1 Å². The van der Waals surface area contributed by atoms with Crippen LogP contribution in [0, 0.1) is 11.8 Å². The van der Waals surface area contributed by atoms with Crippen LogP contribution in [0.2, 0.25) is 0 Å². The van der Waals surface area contributed by atoms with Crippen molar-refractivity contribution in [3.8, 4) is 0 Å². The first kappa shape index (κ1) is 12.3. The largest absolute Gasteiger partial charge is 0.389 e. The van der Waals surface area contributed by atoms with Gasteiger partial charge in [0, 0.05) is 10.5 Å². The first-order valence-electron chi connectivity index (χ1n) is 4.99. The molecular weight excluding hydrogens is 292 g/mol. The molecule has 0 aliphatic carbocycles. The van der Waals surface area contributed by atoms with Crippen molar-refractivity contribution in [1.82, 2.24) is 0 Å². The molecule has 1 atom stereocenters. The SMILES string of the molecule is Cc1cc(Br)c2c(c1)[N+](=O)OC(O)(CO)CN2. The Morgan fingerprint density at radius 1 is 1.65 bits per heavy atom. The number of halogens is 1. The molecule has 7 heteroatoms. The van der Waals surface area contributed by atoms with Gasteiger partial charge in [-0.15, -0.1) is 0 Å². The second kappa shape index (κ2) is 4.25. The molecule has 92 valence electrons. The van der Waals surface area contributed by atoms with Crippen molar-refractivity contribution in [2.45, 2.75) is 12.7 Å². The van der Waals surface area contributed by atoms with Crippen molar-refractivity contribution in [3.63, 3.8) is 0 Å². The molecule has 0 saturated carbocycles. The van der Waals surface area contributed by atoms with E-state index in [4.69, 9.17) is 9.94 Å². The van der Waals surface area contributed by atoms with Gasteiger partial charge in [0.2, 0.25) is 0 Å². The fourth-order valence-corrected chi connectivity index (χ4v) is 2.29. The third kappa shape index (κ3) is 2.26. The highest BCUT2D eigenvalue weighted by molar-refractivity contribution is 9.10. The summed E-state index contributed by atoms with van der Waals surface area (Å²) in [7, 11) is 0. The number of benzene rings is 1. The molecule has 17 heavy (non-hydrogen) atoms. The normalized spacial score (nSPS) is 23.4. The molecular formula is C10H12BrN2O4+. The van der Waals surface area contributed by atoms with Gasteiger partial charge in [0.05, 0.1) is 11.5 Å². The van der Waals surface area contributed by atoms with E-state index in [1.807, 2.05) is 13.0 Å². The lowest BCUT2D eigenvalue weighted by atomic mass is 10.2. The molecule has 1 unspecified atom stereocenters. The minimum Gasteiger partial charge on any atom is -0.389 e. The highest BCUT2D eigenvalue weighted by Crippen LogP contribution is 2.37. The van der Waals surface area contributed by atoms with E-state index < -0.39 is 12.4 Å². The van der Waals surface area contributed by atoms with E-state index in [1.54, 1.807) is 6.07 Å². The number of nitrogens with one attached hydrogen (secondary N) is 1. The number of fused-ring (bicyclic) bond motifs is 1. The van der Waals surface area contributed by atoms with E-state index in [0.717, 1.165) is 5.56 Å². The van der Waals surface area contributed by atoms with Crippen LogP contribution in [0.5, 0.6) is 0 Å². The second-order valence-electron chi connectivity index (χ2n) is 3.95. The molecule has 6 nitrogen and oxygen atoms in total. The van der Waals surface area contributed by atoms with E-state index >= 15 is 0 Å². The molecule has 2 rings (SSSR count). The van der Waals surface area contributed by atoms with Crippen LogP contribution < -0.4 is 5.32 Å². The number of hydrogen-bond donors (Lipinski definition) is 3. The average molecular weight is 304 g/mol. The summed E-state index contributed by atoms with van der Waals surface area (Å²) in [5, 5.41) is 21.6. The summed E-state index contributed by atoms with van der Waals surface area (Å²) in [6.45, 7) is 1.07. The van der Waals surface area contributed by atoms with Gasteiger partial charge in [0.1, 0.15) is 12.3 Å². The van der Waals surface area contributed by atoms with E-state index in [9.17, 15) is 10.0 Å². The highest BCUT2D eigenvalue weighted by Gasteiger charge is 2.42. The Morgan fingerprint density at radius 3 is 3.00 bits per heavy atom. The van der Waals surface area contributed by atoms with Gasteiger partial charge in [-0.25, -0.2) is 0 Å². The monoisotopic (exact) mass is 303 g/mol. The Morgan fingerprint density at radius 2 is 2.35 bits per heavy atom. The molecule has 1 aliphatic rings. The zero-order valence-electron chi connectivity index (χ0n) is 9.11. The number of anilines is 1. The standard InChI is InChI=1S/C10H12BrN2O4/c1-6-2-7(11)9-8(3-6)13(16)17-10(15,5-14)4-12-9/h2-3,12,14-15H,4-5H2,1H3/q+1. The van der Waals surface area contributed by atoms with Gasteiger partial charge in [-0.1, -0.05) is 0 Å². The van der Waals surface area contributed by atoms with Gasteiger partial charge >= 0.3 is 11.5 Å². The Labute approximate surface area is 106 Å². The molecule has 0 spiro atoms. The Hall–Kier alpha value is -1.18. The summed E-state index contributed by atoms with van der Waals surface area (Å²) < 4.78 is 0.694. The minimum atomic E-state index is -1.92. The number of hydrogen-bond acceptors (Lipinski definition) is 5. The lowest BCUT2D eigenvalue weighted by molar-refractivity contribution is -0.782. The maximum atomic E-state index is 11.7. The molecule has 1 aliphatic heterocycles. The number of aryl methyl sites for hydroxylation is 1. The van der Waals surface area contributed by atoms with Crippen molar-refractivity contribution in [2.24, 2.45) is 0 Å². The lowest BCUT2D eigenvalue weighted by Gasteiger charge is -2.16. The Kier molecular flexibility index (Phi) is 3.07. The van der Waals surface area contributed by atoms with Crippen LogP contribution >= 0.6 is 15.9 Å². The Balaban J connectivity index is 2.48. The van der Waals surface area contributed by atoms with Crippen molar-refractivity contribution < 1.29 is 20.0 Å². The van der Waals surface area contributed by atoms with E-state index in [-0.39, 0.29) is 17.2 Å². The summed E-state index contributed by atoms with van der Waals surface area (Å²) in [5.74, 6) is -1.92. The molecule has 0 radical (unpaired) electrons. The number of rotatable bonds is 1. The van der Waals surface area contributed by atoms with E-state index in [1.165, 1.54) is 0 Å². The van der Waals surface area contributed by atoms with Crippen molar-refractivity contribution >= 4 is 27.3 Å². The van der Waals surface area contributed by atoms with Crippen LogP contribution in [-0.4, -0.2) is 34.1 Å². The average Bonchev–Trinajstić information content (AvgIpc) is 2.38. The van der Waals surface area contributed by atoms with Crippen LogP contribution in [0.4, 0.5) is 11.4 Å². The van der Waals surface area contributed by atoms with Crippen LogP contribution in [0.15, 0.2) is 16.6 Å². The van der Waals surface area contributed by atoms with Gasteiger partial charge in [0.15, 0.2) is 0 Å². The third-order valence-electron chi connectivity index (χ3n) is 2.45. The first-order chi connectivity index (χ1) is 7.95. The molecule has 0 aromatic heterocycles. The maximum Gasteiger partial charge on any atom is 0.341 e. The van der Waals surface area contributed by atoms with E-state index in [2.05, 4.69) is 21.2 Å². The lowest BCUT2D eigenvalue weighted by Crippen LogP contribution is -2.43. The number of aliphatic hydroxyl groups excluding tert-OH is 1. The summed E-state index contributed by atoms with van der Waals surface area (Å²) in [6, 6.07) is 3.46. The molecule has 1 aromatic rings. The molecule has 0 fully saturated rings. The quantitative estimate of drug-likeness (QED) is 0.726. The van der Waals surface area contributed by atoms with Crippen LogP contribution in [0.1, 0.15) is 5.56 Å². The van der Waals surface area contributed by atoms with Crippen LogP contribution in [-0.2, 0) is 4.84 Å². The molecule has 0 bridgehead atoms. The topological polar surface area (TPSA) is 81.8 Å². The maximum absolute atomic E-state index is 11.7. The van der Waals surface area contributed by atoms with Crippen LogP contribution in [0.3, 0.4) is 0 Å². The molecule has 0 saturated heterocycles. The number of β-amino-alcohol motifs (C(OH)–C–C–N with tert-alkyl or cyclic N) is 1. The fraction of sp³-hybridized carbons (Fsp3) is 0.400. The number of nitrogens with zero attached hydrogens (tertiary/aromatic N) is 1. The van der Waals surface area contributed by atoms with Gasteiger partial charge < -0.3 is 15.5 Å². The van der Waals surface area contributed by atoms with Gasteiger partial charge in [0.25, 0.3) is 4.92 Å². The summed E-state index contributed by atoms with van der Waals surface area (Å²) in [6.07, 6.45) is 0. The Bertz CT molecular complexity index is 480. The predicted molar refractivity (Wildman–Crippen MR) is 63.8 cm³/mol. The fourth-order valence-electron chi connectivity index (χ4n) is 1.59. The van der Waals surface area contributed by atoms with E-state index in [0.29, 0.717) is 10.2 Å². The summed E-state index contributed by atoms with van der Waals surface area (Å²) in [4.78, 5) is 16.7. The first-order valence-corrected chi connectivity index (χ1v) is 5.78. The van der Waals surface area contributed by atoms with Crippen molar-refractivity contribution in [1.29, 1.82) is 0 Å². The smallest absolute Gasteiger partial charge is 0.341 e. The molecule has 1 heterocycles. The summed E-state index contributed by atoms with van der Waals surface area (Å²) >= 11 is 3.33. The predicted octanol–water partition coefficient (Wildman–Crippen LogP) is 1.21. The summed E-state index contributed by atoms with van der Waals surface area (Å²) in [5.41, 5.74) is 1.65. The minimum absolute atomic E-state index is 0.0864. The van der Waals surface area contributed by atoms with Gasteiger partial charge in [-0.2, -0.15) is 4.84 Å². The molecule has 0 amide bonds. The molecule has 1 aromatic carbocycles. The number of aliphatic hydroxyl groups is 2. The zero-order valence-corrected chi connectivity index (χ0v) is 10.7. The van der Waals surface area contributed by atoms with Gasteiger partial charge in [-0.3, -0.25) is 0 Å². The van der Waals surface area contributed by atoms with Crippen molar-refractivity contribution in [2.75, 3.05) is 18.5 Å². The van der Waals surface area contributed by atoms with Gasteiger partial charge in [-0.05, 0) is 34.5 Å². The molecule has 3 N–H and O–H groups in total.